The molecule has 10 heteroatoms. The Balaban J connectivity index is 1.69. The molecule has 0 radical (unpaired) electrons. The normalized spacial score (nSPS) is 13.9. The van der Waals surface area contributed by atoms with Gasteiger partial charge in [0.1, 0.15) is 13.2 Å². The molecule has 0 saturated carbocycles. The van der Waals surface area contributed by atoms with Crippen molar-refractivity contribution >= 4 is 15.9 Å². The number of benzene rings is 2. The average molecular weight is 401 g/mol. The molecule has 1 N–H and O–H groups in total. The molecule has 0 spiro atoms. The summed E-state index contributed by atoms with van der Waals surface area (Å²) >= 11 is 0. The standard InChI is InChI=1S/C17H14F3NO5S/c18-17(19,20)12-3-1-11(2-4-12)9-16(22)21-27(23,24)13-5-6-14-15(10-13)26-8-7-25-14/h1-6,10H,7-9H2,(H,21,22). The number of ether oxygens (including phenoxy) is 2. The van der Waals surface area contributed by atoms with Crippen LogP contribution in [-0.4, -0.2) is 27.5 Å². The van der Waals surface area contributed by atoms with Gasteiger partial charge in [0.05, 0.1) is 16.9 Å². The maximum atomic E-state index is 12.5. The summed E-state index contributed by atoms with van der Waals surface area (Å²) in [6, 6.07) is 7.83. The first kappa shape index (κ1) is 19.0. The number of carbonyl (C=O) groups is 1. The second kappa shape index (κ2) is 7.10. The number of amides is 1. The Morgan fingerprint density at radius 2 is 1.63 bits per heavy atom. The van der Waals surface area contributed by atoms with E-state index in [1.165, 1.54) is 18.2 Å². The Labute approximate surface area is 153 Å². The number of rotatable bonds is 4. The van der Waals surface area contributed by atoms with Crippen molar-refractivity contribution in [3.8, 4) is 11.5 Å². The molecule has 6 nitrogen and oxygen atoms in total. The van der Waals surface area contributed by atoms with Crippen LogP contribution in [0.4, 0.5) is 13.2 Å². The van der Waals surface area contributed by atoms with Crippen molar-refractivity contribution in [2.24, 2.45) is 0 Å². The van der Waals surface area contributed by atoms with Crippen LogP contribution >= 0.6 is 0 Å². The van der Waals surface area contributed by atoms with Gasteiger partial charge in [-0.05, 0) is 29.8 Å². The van der Waals surface area contributed by atoms with Gasteiger partial charge in [0.15, 0.2) is 11.5 Å². The molecule has 3 rings (SSSR count). The maximum Gasteiger partial charge on any atom is 0.416 e. The third-order valence-corrected chi connectivity index (χ3v) is 5.09. The van der Waals surface area contributed by atoms with Crippen LogP contribution in [0.3, 0.4) is 0 Å². The van der Waals surface area contributed by atoms with Gasteiger partial charge in [-0.2, -0.15) is 13.2 Å². The summed E-state index contributed by atoms with van der Waals surface area (Å²) in [4.78, 5) is 11.8. The molecule has 1 amide bonds. The second-order valence-corrected chi connectivity index (χ2v) is 7.39. The number of halogens is 3. The molecule has 1 aliphatic rings. The predicted octanol–water partition coefficient (Wildman–Crippen LogP) is 2.52. The molecule has 0 bridgehead atoms. The zero-order chi connectivity index (χ0) is 19.7. The number of nitrogens with one attached hydrogen (secondary N) is 1. The smallest absolute Gasteiger partial charge is 0.416 e. The van der Waals surface area contributed by atoms with E-state index in [-0.39, 0.29) is 29.2 Å². The number of fused-ring (bicyclic) bond motifs is 1. The molecule has 0 unspecified atom stereocenters. The van der Waals surface area contributed by atoms with Crippen LogP contribution in [0.15, 0.2) is 47.4 Å². The van der Waals surface area contributed by atoms with E-state index in [1.807, 2.05) is 4.72 Å². The lowest BCUT2D eigenvalue weighted by atomic mass is 10.1. The lowest BCUT2D eigenvalue weighted by molar-refractivity contribution is -0.137. The summed E-state index contributed by atoms with van der Waals surface area (Å²) in [5.74, 6) is -0.222. The van der Waals surface area contributed by atoms with E-state index in [4.69, 9.17) is 9.47 Å². The Morgan fingerprint density at radius 1 is 1.00 bits per heavy atom. The van der Waals surface area contributed by atoms with Crippen LogP contribution in [-0.2, 0) is 27.4 Å². The van der Waals surface area contributed by atoms with Gasteiger partial charge in [-0.25, -0.2) is 13.1 Å². The minimum atomic E-state index is -4.48. The highest BCUT2D eigenvalue weighted by Crippen LogP contribution is 2.32. The lowest BCUT2D eigenvalue weighted by Gasteiger charge is -2.18. The first-order valence-electron chi connectivity index (χ1n) is 7.76. The first-order valence-corrected chi connectivity index (χ1v) is 9.25. The van der Waals surface area contributed by atoms with Crippen LogP contribution in [0, 0.1) is 0 Å². The second-order valence-electron chi connectivity index (χ2n) is 5.71. The Kier molecular flexibility index (Phi) is 5.01. The summed E-state index contributed by atoms with van der Waals surface area (Å²) in [6.07, 6.45) is -4.87. The van der Waals surface area contributed by atoms with E-state index >= 15 is 0 Å². The van der Waals surface area contributed by atoms with E-state index in [0.717, 1.165) is 24.3 Å². The molecule has 0 aliphatic carbocycles. The minimum Gasteiger partial charge on any atom is -0.486 e. The Bertz CT molecular complexity index is 956. The van der Waals surface area contributed by atoms with Crippen LogP contribution in [0.1, 0.15) is 11.1 Å². The van der Waals surface area contributed by atoms with Crippen molar-refractivity contribution in [2.75, 3.05) is 13.2 Å². The van der Waals surface area contributed by atoms with Gasteiger partial charge in [-0.15, -0.1) is 0 Å². The summed E-state index contributed by atoms with van der Waals surface area (Å²) in [6.45, 7) is 0.625. The van der Waals surface area contributed by atoms with Crippen LogP contribution in [0.5, 0.6) is 11.5 Å². The van der Waals surface area contributed by atoms with Crippen molar-refractivity contribution < 1.29 is 35.9 Å². The fourth-order valence-electron chi connectivity index (χ4n) is 2.43. The molecular formula is C17H14F3NO5S. The molecule has 1 heterocycles. The van der Waals surface area contributed by atoms with E-state index in [1.54, 1.807) is 0 Å². The molecule has 2 aromatic rings. The third-order valence-electron chi connectivity index (χ3n) is 3.72. The van der Waals surface area contributed by atoms with Crippen molar-refractivity contribution in [1.29, 1.82) is 0 Å². The monoisotopic (exact) mass is 401 g/mol. The van der Waals surface area contributed by atoms with E-state index in [2.05, 4.69) is 0 Å². The molecule has 1 aliphatic heterocycles. The molecule has 0 fully saturated rings. The number of hydrogen-bond donors (Lipinski definition) is 1. The minimum absolute atomic E-state index is 0.187. The van der Waals surface area contributed by atoms with E-state index in [0.29, 0.717) is 12.4 Å². The highest BCUT2D eigenvalue weighted by atomic mass is 32.2. The molecule has 27 heavy (non-hydrogen) atoms. The van der Waals surface area contributed by atoms with Gasteiger partial charge in [0, 0.05) is 6.07 Å². The van der Waals surface area contributed by atoms with Crippen molar-refractivity contribution in [2.45, 2.75) is 17.5 Å². The largest absolute Gasteiger partial charge is 0.486 e. The highest BCUT2D eigenvalue weighted by molar-refractivity contribution is 7.90. The lowest BCUT2D eigenvalue weighted by Crippen LogP contribution is -2.32. The highest BCUT2D eigenvalue weighted by Gasteiger charge is 2.30. The zero-order valence-electron chi connectivity index (χ0n) is 13.7. The van der Waals surface area contributed by atoms with Crippen LogP contribution in [0.25, 0.3) is 0 Å². The van der Waals surface area contributed by atoms with Crippen LogP contribution < -0.4 is 14.2 Å². The van der Waals surface area contributed by atoms with Crippen molar-refractivity contribution in [3.05, 3.63) is 53.6 Å². The number of alkyl halides is 3. The fourth-order valence-corrected chi connectivity index (χ4v) is 3.43. The Hall–Kier alpha value is -2.75. The van der Waals surface area contributed by atoms with Gasteiger partial charge in [0.2, 0.25) is 5.91 Å². The molecule has 0 saturated heterocycles. The van der Waals surface area contributed by atoms with E-state index in [9.17, 15) is 26.4 Å². The van der Waals surface area contributed by atoms with Gasteiger partial charge in [0.25, 0.3) is 10.0 Å². The molecule has 2 aromatic carbocycles. The third kappa shape index (κ3) is 4.51. The van der Waals surface area contributed by atoms with E-state index < -0.39 is 27.7 Å². The van der Waals surface area contributed by atoms with Gasteiger partial charge < -0.3 is 9.47 Å². The van der Waals surface area contributed by atoms with Gasteiger partial charge in [-0.1, -0.05) is 12.1 Å². The predicted molar refractivity (Wildman–Crippen MR) is 87.9 cm³/mol. The van der Waals surface area contributed by atoms with Crippen molar-refractivity contribution in [1.82, 2.24) is 4.72 Å². The maximum absolute atomic E-state index is 12.5. The summed E-state index contributed by atoms with van der Waals surface area (Å²) < 4.78 is 74.7. The topological polar surface area (TPSA) is 81.7 Å². The average Bonchev–Trinajstić information content (AvgIpc) is 2.60. The zero-order valence-corrected chi connectivity index (χ0v) is 14.6. The van der Waals surface area contributed by atoms with Gasteiger partial charge >= 0.3 is 6.18 Å². The fraction of sp³-hybridized carbons (Fsp3) is 0.235. The molecule has 0 atom stereocenters. The van der Waals surface area contributed by atoms with Gasteiger partial charge in [-0.3, -0.25) is 4.79 Å². The molecule has 0 aromatic heterocycles. The number of hydrogen-bond acceptors (Lipinski definition) is 5. The number of carbonyl (C=O) groups excluding carboxylic acids is 1. The Morgan fingerprint density at radius 3 is 2.26 bits per heavy atom. The summed E-state index contributed by atoms with van der Waals surface area (Å²) in [7, 11) is -4.16. The molecular weight excluding hydrogens is 387 g/mol. The van der Waals surface area contributed by atoms with Crippen molar-refractivity contribution in [3.63, 3.8) is 0 Å². The number of sulfonamides is 1. The summed E-state index contributed by atoms with van der Waals surface area (Å²) in [5.41, 5.74) is -0.603. The SMILES string of the molecule is O=C(Cc1ccc(C(F)(F)F)cc1)NS(=O)(=O)c1ccc2c(c1)OCCO2. The van der Waals surface area contributed by atoms with Crippen LogP contribution in [0.2, 0.25) is 0 Å². The molecule has 144 valence electrons. The first-order chi connectivity index (χ1) is 12.6. The summed E-state index contributed by atoms with van der Waals surface area (Å²) in [5, 5.41) is 0. The quantitative estimate of drug-likeness (QED) is 0.852.